The Kier molecular flexibility index (Phi) is 5.24. The average Bonchev–Trinajstić information content (AvgIpc) is 2.95. The molecular formula is C18H22N2O4S2. The highest BCUT2D eigenvalue weighted by Crippen LogP contribution is 2.21. The fraction of sp³-hybridized carbons (Fsp3) is 0.333. The van der Waals surface area contributed by atoms with Crippen LogP contribution in [0.15, 0.2) is 53.4 Å². The van der Waals surface area contributed by atoms with E-state index in [9.17, 15) is 16.8 Å². The lowest BCUT2D eigenvalue weighted by atomic mass is 10.2. The Morgan fingerprint density at radius 2 is 1.62 bits per heavy atom. The Morgan fingerprint density at radius 1 is 1.00 bits per heavy atom. The van der Waals surface area contributed by atoms with E-state index in [1.165, 1.54) is 0 Å². The lowest BCUT2D eigenvalue weighted by Gasteiger charge is -2.13. The van der Waals surface area contributed by atoms with Gasteiger partial charge in [-0.05, 0) is 54.8 Å². The van der Waals surface area contributed by atoms with Crippen LogP contribution in [0.5, 0.6) is 0 Å². The summed E-state index contributed by atoms with van der Waals surface area (Å²) < 4.78 is 50.4. The smallest absolute Gasteiger partial charge is 0.261 e. The third-order valence-corrected chi connectivity index (χ3v) is 7.55. The number of nitrogens with one attached hydrogen (secondary N) is 2. The van der Waals surface area contributed by atoms with Gasteiger partial charge >= 0.3 is 0 Å². The van der Waals surface area contributed by atoms with E-state index in [4.69, 9.17) is 0 Å². The van der Waals surface area contributed by atoms with E-state index in [1.807, 2.05) is 6.92 Å². The normalized spacial score (nSPS) is 19.2. The summed E-state index contributed by atoms with van der Waals surface area (Å²) in [6.45, 7) is 2.01. The minimum atomic E-state index is -3.64. The van der Waals surface area contributed by atoms with Crippen molar-refractivity contribution in [3.05, 3.63) is 54.1 Å². The molecule has 1 saturated heterocycles. The third kappa shape index (κ3) is 4.56. The van der Waals surface area contributed by atoms with Crippen LogP contribution < -0.4 is 10.0 Å². The lowest BCUT2D eigenvalue weighted by Crippen LogP contribution is -2.20. The summed E-state index contributed by atoms with van der Waals surface area (Å²) in [5, 5.41) is 3.17. The minimum Gasteiger partial charge on any atom is -0.381 e. The quantitative estimate of drug-likeness (QED) is 0.786. The molecule has 26 heavy (non-hydrogen) atoms. The molecule has 1 aliphatic rings. The molecule has 1 unspecified atom stereocenters. The van der Waals surface area contributed by atoms with Crippen molar-refractivity contribution in [3.63, 3.8) is 0 Å². The molecule has 140 valence electrons. The van der Waals surface area contributed by atoms with Crippen molar-refractivity contribution < 1.29 is 16.8 Å². The average molecular weight is 395 g/mol. The van der Waals surface area contributed by atoms with E-state index in [1.54, 1.807) is 48.5 Å². The maximum atomic E-state index is 12.4. The standard InChI is InChI=1S/C18H22N2O4S2/c1-2-14-3-9-18(10-4-14)26(23,24)20-16-7-5-15(6-8-16)19-17-11-12-25(21,22)13-17/h3-10,17,19-20H,2,11-13H2,1H3. The molecule has 0 aliphatic carbocycles. The number of aryl methyl sites for hydroxylation is 1. The van der Waals surface area contributed by atoms with E-state index in [0.717, 1.165) is 17.7 Å². The Bertz CT molecular complexity index is 967. The zero-order valence-electron chi connectivity index (χ0n) is 14.5. The van der Waals surface area contributed by atoms with Crippen LogP contribution in [0.1, 0.15) is 18.9 Å². The van der Waals surface area contributed by atoms with Crippen LogP contribution in [0.25, 0.3) is 0 Å². The maximum Gasteiger partial charge on any atom is 0.261 e. The highest BCUT2D eigenvalue weighted by molar-refractivity contribution is 7.92. The van der Waals surface area contributed by atoms with Gasteiger partial charge in [0.2, 0.25) is 0 Å². The van der Waals surface area contributed by atoms with E-state index in [-0.39, 0.29) is 22.4 Å². The summed E-state index contributed by atoms with van der Waals surface area (Å²) in [6, 6.07) is 13.5. The fourth-order valence-corrected chi connectivity index (χ4v) is 5.63. The molecule has 1 aliphatic heterocycles. The molecule has 1 heterocycles. The van der Waals surface area contributed by atoms with Gasteiger partial charge in [-0.25, -0.2) is 16.8 Å². The van der Waals surface area contributed by atoms with Gasteiger partial charge in [0.1, 0.15) is 0 Å². The number of hydrogen-bond donors (Lipinski definition) is 2. The summed E-state index contributed by atoms with van der Waals surface area (Å²) in [6.07, 6.45) is 1.44. The summed E-state index contributed by atoms with van der Waals surface area (Å²) in [4.78, 5) is 0.216. The molecule has 0 amide bonds. The van der Waals surface area contributed by atoms with Gasteiger partial charge in [-0.2, -0.15) is 0 Å². The molecule has 2 N–H and O–H groups in total. The van der Waals surface area contributed by atoms with Crippen molar-refractivity contribution in [2.75, 3.05) is 21.5 Å². The topological polar surface area (TPSA) is 92.3 Å². The molecule has 6 nitrogen and oxygen atoms in total. The monoisotopic (exact) mass is 394 g/mol. The zero-order chi connectivity index (χ0) is 18.8. The van der Waals surface area contributed by atoms with Gasteiger partial charge in [0.15, 0.2) is 9.84 Å². The Balaban J connectivity index is 1.66. The number of rotatable bonds is 6. The molecule has 1 fully saturated rings. The first-order chi connectivity index (χ1) is 12.3. The molecule has 3 rings (SSSR count). The van der Waals surface area contributed by atoms with E-state index < -0.39 is 19.9 Å². The molecule has 0 radical (unpaired) electrons. The van der Waals surface area contributed by atoms with Gasteiger partial charge in [-0.1, -0.05) is 19.1 Å². The third-order valence-electron chi connectivity index (χ3n) is 4.38. The van der Waals surface area contributed by atoms with Gasteiger partial charge in [0, 0.05) is 17.4 Å². The highest BCUT2D eigenvalue weighted by Gasteiger charge is 2.27. The minimum absolute atomic E-state index is 0.0976. The first kappa shape index (κ1) is 18.7. The van der Waals surface area contributed by atoms with Crippen LogP contribution in [0.3, 0.4) is 0 Å². The van der Waals surface area contributed by atoms with Gasteiger partial charge in [0.05, 0.1) is 16.4 Å². The van der Waals surface area contributed by atoms with Crippen LogP contribution in [0.4, 0.5) is 11.4 Å². The molecule has 2 aromatic carbocycles. The summed E-state index contributed by atoms with van der Waals surface area (Å²) in [7, 11) is -6.58. The number of sulfone groups is 1. The maximum absolute atomic E-state index is 12.4. The van der Waals surface area contributed by atoms with Crippen LogP contribution in [-0.4, -0.2) is 34.4 Å². The molecule has 0 bridgehead atoms. The Hall–Kier alpha value is -2.06. The molecule has 2 aromatic rings. The second kappa shape index (κ2) is 7.28. The van der Waals surface area contributed by atoms with Gasteiger partial charge < -0.3 is 5.32 Å². The van der Waals surface area contributed by atoms with E-state index >= 15 is 0 Å². The lowest BCUT2D eigenvalue weighted by molar-refractivity contribution is 0.599. The van der Waals surface area contributed by atoms with Crippen molar-refractivity contribution in [1.29, 1.82) is 0 Å². The van der Waals surface area contributed by atoms with Gasteiger partial charge in [-0.15, -0.1) is 0 Å². The van der Waals surface area contributed by atoms with Gasteiger partial charge in [-0.3, -0.25) is 4.72 Å². The second-order valence-corrected chi connectivity index (χ2v) is 10.3. The second-order valence-electron chi connectivity index (χ2n) is 6.42. The van der Waals surface area contributed by atoms with Crippen LogP contribution >= 0.6 is 0 Å². The number of sulfonamides is 1. The Morgan fingerprint density at radius 3 is 2.15 bits per heavy atom. The molecule has 0 aromatic heterocycles. The Labute approximate surface area is 154 Å². The largest absolute Gasteiger partial charge is 0.381 e. The predicted octanol–water partition coefficient (Wildman–Crippen LogP) is 2.65. The molecule has 0 spiro atoms. The van der Waals surface area contributed by atoms with Crippen molar-refractivity contribution in [1.82, 2.24) is 0 Å². The predicted molar refractivity (Wildman–Crippen MR) is 104 cm³/mol. The summed E-state index contributed by atoms with van der Waals surface area (Å²) in [5.74, 6) is 0.342. The number of anilines is 2. The van der Waals surface area contributed by atoms with Crippen molar-refractivity contribution in [2.45, 2.75) is 30.7 Å². The first-order valence-corrected chi connectivity index (χ1v) is 11.8. The number of benzene rings is 2. The zero-order valence-corrected chi connectivity index (χ0v) is 16.1. The first-order valence-electron chi connectivity index (χ1n) is 8.46. The van der Waals surface area contributed by atoms with E-state index in [0.29, 0.717) is 12.1 Å². The summed E-state index contributed by atoms with van der Waals surface area (Å²) >= 11 is 0. The van der Waals surface area contributed by atoms with Gasteiger partial charge in [0.25, 0.3) is 10.0 Å². The number of hydrogen-bond acceptors (Lipinski definition) is 5. The van der Waals surface area contributed by atoms with Crippen molar-refractivity contribution >= 4 is 31.2 Å². The van der Waals surface area contributed by atoms with Crippen LogP contribution in [0, 0.1) is 0 Å². The SMILES string of the molecule is CCc1ccc(S(=O)(=O)Nc2ccc(NC3CCS(=O)(=O)C3)cc2)cc1. The van der Waals surface area contributed by atoms with Crippen molar-refractivity contribution in [3.8, 4) is 0 Å². The molecule has 8 heteroatoms. The molecular weight excluding hydrogens is 372 g/mol. The highest BCUT2D eigenvalue weighted by atomic mass is 32.2. The van der Waals surface area contributed by atoms with Crippen LogP contribution in [0.2, 0.25) is 0 Å². The van der Waals surface area contributed by atoms with Crippen molar-refractivity contribution in [2.24, 2.45) is 0 Å². The van der Waals surface area contributed by atoms with Crippen LogP contribution in [-0.2, 0) is 26.3 Å². The molecule has 0 saturated carbocycles. The summed E-state index contributed by atoms with van der Waals surface area (Å²) in [5.41, 5.74) is 2.30. The fourth-order valence-electron chi connectivity index (χ4n) is 2.90. The van der Waals surface area contributed by atoms with E-state index in [2.05, 4.69) is 10.0 Å². The molecule has 1 atom stereocenters.